The Kier molecular flexibility index (Phi) is 4.49. The second-order valence-electron chi connectivity index (χ2n) is 4.52. The second kappa shape index (κ2) is 6.53. The number of hydrogen-bond donors (Lipinski definition) is 2. The van der Waals surface area contributed by atoms with Gasteiger partial charge in [0.1, 0.15) is 5.75 Å². The van der Waals surface area contributed by atoms with E-state index in [-0.39, 0.29) is 11.7 Å². The Morgan fingerprint density at radius 1 is 1.14 bits per heavy atom. The molecule has 0 saturated carbocycles. The lowest BCUT2D eigenvalue weighted by Gasteiger charge is -1.98. The van der Waals surface area contributed by atoms with Crippen LogP contribution in [0.4, 0.5) is 5.69 Å². The number of nitrogens with one attached hydrogen (secondary N) is 1. The summed E-state index contributed by atoms with van der Waals surface area (Å²) in [7, 11) is 0. The van der Waals surface area contributed by atoms with Crippen LogP contribution in [0.3, 0.4) is 0 Å². The van der Waals surface area contributed by atoms with E-state index in [1.807, 2.05) is 24.3 Å². The van der Waals surface area contributed by atoms with Crippen LogP contribution in [0.25, 0.3) is 6.08 Å². The van der Waals surface area contributed by atoms with E-state index in [0.29, 0.717) is 10.1 Å². The summed E-state index contributed by atoms with van der Waals surface area (Å²) < 4.78 is 1.03. The van der Waals surface area contributed by atoms with Gasteiger partial charge in [-0.25, -0.2) is 4.99 Å². The first kappa shape index (κ1) is 15.1. The van der Waals surface area contributed by atoms with Crippen LogP contribution in [0.1, 0.15) is 5.56 Å². The number of phenolic OH excluding ortho intramolecular Hbond substituents is 1. The van der Waals surface area contributed by atoms with Crippen LogP contribution in [0, 0.1) is 3.57 Å². The smallest absolute Gasteiger partial charge is 0.264 e. The van der Waals surface area contributed by atoms with Crippen molar-refractivity contribution in [3.63, 3.8) is 0 Å². The molecule has 0 spiro atoms. The minimum Gasteiger partial charge on any atom is -0.508 e. The average molecular weight is 422 g/mol. The lowest BCUT2D eigenvalue weighted by Crippen LogP contribution is -2.19. The molecule has 3 rings (SSSR count). The lowest BCUT2D eigenvalue weighted by molar-refractivity contribution is -0.115. The number of carbonyl (C=O) groups excluding carboxylic acids is 1. The van der Waals surface area contributed by atoms with E-state index in [2.05, 4.69) is 32.9 Å². The van der Waals surface area contributed by atoms with E-state index < -0.39 is 0 Å². The molecule has 110 valence electrons. The Labute approximate surface area is 145 Å². The number of benzene rings is 2. The molecule has 0 bridgehead atoms. The van der Waals surface area contributed by atoms with Crippen molar-refractivity contribution in [1.29, 1.82) is 0 Å². The molecule has 0 unspecified atom stereocenters. The second-order valence-corrected chi connectivity index (χ2v) is 6.72. The summed E-state index contributed by atoms with van der Waals surface area (Å²) in [5, 5.41) is 12.6. The van der Waals surface area contributed by atoms with E-state index in [1.54, 1.807) is 30.3 Å². The van der Waals surface area contributed by atoms with Gasteiger partial charge < -0.3 is 10.4 Å². The van der Waals surface area contributed by atoms with Gasteiger partial charge in [-0.15, -0.1) is 0 Å². The standard InChI is InChI=1S/C16H11IN2O2S/c17-12-3-1-2-4-13(12)18-16-19-15(21)14(22-16)9-10-5-7-11(20)8-6-10/h1-9,20H,(H,18,19,21)/b14-9+. The maximum Gasteiger partial charge on any atom is 0.264 e. The van der Waals surface area contributed by atoms with Gasteiger partial charge in [0.05, 0.1) is 10.6 Å². The molecular weight excluding hydrogens is 411 g/mol. The van der Waals surface area contributed by atoms with E-state index >= 15 is 0 Å². The molecule has 0 atom stereocenters. The molecule has 0 radical (unpaired) electrons. The number of halogens is 1. The third-order valence-corrected chi connectivity index (χ3v) is 4.74. The minimum atomic E-state index is -0.164. The predicted molar refractivity (Wildman–Crippen MR) is 98.1 cm³/mol. The van der Waals surface area contributed by atoms with Crippen molar-refractivity contribution >= 4 is 57.2 Å². The van der Waals surface area contributed by atoms with Gasteiger partial charge in [0.2, 0.25) is 0 Å². The molecule has 4 nitrogen and oxygen atoms in total. The predicted octanol–water partition coefficient (Wildman–Crippen LogP) is 3.89. The van der Waals surface area contributed by atoms with Crippen molar-refractivity contribution in [2.24, 2.45) is 4.99 Å². The zero-order chi connectivity index (χ0) is 15.5. The number of para-hydroxylation sites is 1. The lowest BCUT2D eigenvalue weighted by atomic mass is 10.2. The topological polar surface area (TPSA) is 61.7 Å². The summed E-state index contributed by atoms with van der Waals surface area (Å²) in [6, 6.07) is 14.4. The van der Waals surface area contributed by atoms with Crippen LogP contribution < -0.4 is 5.32 Å². The van der Waals surface area contributed by atoms with Gasteiger partial charge in [-0.1, -0.05) is 24.3 Å². The van der Waals surface area contributed by atoms with Gasteiger partial charge in [-0.05, 0) is 70.3 Å². The zero-order valence-corrected chi connectivity index (χ0v) is 14.3. The quantitative estimate of drug-likeness (QED) is 0.571. The highest BCUT2D eigenvalue weighted by molar-refractivity contribution is 14.1. The van der Waals surface area contributed by atoms with Crippen LogP contribution in [-0.4, -0.2) is 16.2 Å². The van der Waals surface area contributed by atoms with Crippen LogP contribution in [-0.2, 0) is 4.79 Å². The number of phenols is 1. The highest BCUT2D eigenvalue weighted by atomic mass is 127. The Bertz CT molecular complexity index is 785. The summed E-state index contributed by atoms with van der Waals surface area (Å²) in [5.74, 6) is 0.0364. The van der Waals surface area contributed by atoms with E-state index in [9.17, 15) is 9.90 Å². The maximum absolute atomic E-state index is 12.0. The molecule has 1 heterocycles. The fraction of sp³-hybridized carbons (Fsp3) is 0. The third kappa shape index (κ3) is 3.50. The van der Waals surface area contributed by atoms with Crippen LogP contribution in [0.2, 0.25) is 0 Å². The van der Waals surface area contributed by atoms with E-state index in [0.717, 1.165) is 14.8 Å². The summed E-state index contributed by atoms with van der Waals surface area (Å²) in [6.07, 6.45) is 1.78. The van der Waals surface area contributed by atoms with Crippen LogP contribution in [0.5, 0.6) is 5.75 Å². The Morgan fingerprint density at radius 3 is 2.59 bits per heavy atom. The Hall–Kier alpha value is -1.80. The van der Waals surface area contributed by atoms with Crippen LogP contribution in [0.15, 0.2) is 58.4 Å². The monoisotopic (exact) mass is 422 g/mol. The summed E-state index contributed by atoms with van der Waals surface area (Å²) in [5.41, 5.74) is 1.68. The van der Waals surface area contributed by atoms with Gasteiger partial charge >= 0.3 is 0 Å². The molecule has 6 heteroatoms. The van der Waals surface area contributed by atoms with Crippen molar-refractivity contribution in [2.75, 3.05) is 0 Å². The first-order valence-electron chi connectivity index (χ1n) is 6.45. The molecule has 22 heavy (non-hydrogen) atoms. The fourth-order valence-electron chi connectivity index (χ4n) is 1.85. The number of amides is 1. The van der Waals surface area contributed by atoms with E-state index in [1.165, 1.54) is 11.8 Å². The number of aliphatic imine (C=N–C) groups is 1. The highest BCUT2D eigenvalue weighted by Gasteiger charge is 2.23. The molecule has 2 N–H and O–H groups in total. The van der Waals surface area contributed by atoms with Gasteiger partial charge in [-0.3, -0.25) is 4.79 Å². The number of rotatable bonds is 2. The summed E-state index contributed by atoms with van der Waals surface area (Å²) in [4.78, 5) is 17.1. The molecule has 2 aromatic carbocycles. The van der Waals surface area contributed by atoms with E-state index in [4.69, 9.17) is 0 Å². The van der Waals surface area contributed by atoms with Gasteiger partial charge in [0.25, 0.3) is 5.91 Å². The Balaban J connectivity index is 1.84. The van der Waals surface area contributed by atoms with Gasteiger partial charge in [0.15, 0.2) is 5.17 Å². The highest BCUT2D eigenvalue weighted by Crippen LogP contribution is 2.29. The van der Waals surface area contributed by atoms with Gasteiger partial charge in [-0.2, -0.15) is 0 Å². The number of thioether (sulfide) groups is 1. The normalized spacial score (nSPS) is 18.0. The average Bonchev–Trinajstić information content (AvgIpc) is 2.84. The number of aromatic hydroxyl groups is 1. The van der Waals surface area contributed by atoms with Crippen molar-refractivity contribution in [3.8, 4) is 5.75 Å². The molecular formula is C16H11IN2O2S. The van der Waals surface area contributed by atoms with Crippen molar-refractivity contribution in [3.05, 3.63) is 62.6 Å². The molecule has 1 fully saturated rings. The fourth-order valence-corrected chi connectivity index (χ4v) is 3.20. The number of hydrogen-bond acceptors (Lipinski definition) is 4. The molecule has 1 aliphatic rings. The summed E-state index contributed by atoms with van der Waals surface area (Å²) >= 11 is 3.52. The van der Waals surface area contributed by atoms with Crippen molar-refractivity contribution < 1.29 is 9.90 Å². The number of carbonyl (C=O) groups is 1. The number of nitrogens with zero attached hydrogens (tertiary/aromatic N) is 1. The molecule has 1 amide bonds. The first-order chi connectivity index (χ1) is 10.6. The first-order valence-corrected chi connectivity index (χ1v) is 8.34. The molecule has 1 saturated heterocycles. The molecule has 2 aromatic rings. The number of amidine groups is 1. The van der Waals surface area contributed by atoms with Crippen molar-refractivity contribution in [2.45, 2.75) is 0 Å². The molecule has 0 aromatic heterocycles. The zero-order valence-electron chi connectivity index (χ0n) is 11.3. The van der Waals surface area contributed by atoms with Gasteiger partial charge in [0, 0.05) is 3.57 Å². The third-order valence-electron chi connectivity index (χ3n) is 2.92. The molecule has 0 aliphatic carbocycles. The Morgan fingerprint density at radius 2 is 1.86 bits per heavy atom. The van der Waals surface area contributed by atoms with Crippen molar-refractivity contribution in [1.82, 2.24) is 5.32 Å². The molecule has 1 aliphatic heterocycles. The minimum absolute atomic E-state index is 0.164. The largest absolute Gasteiger partial charge is 0.508 e. The van der Waals surface area contributed by atoms with Crippen LogP contribution >= 0.6 is 34.4 Å². The SMILES string of the molecule is O=C1NC(=Nc2ccccc2I)S/C1=C/c1ccc(O)cc1. The summed E-state index contributed by atoms with van der Waals surface area (Å²) in [6.45, 7) is 0. The maximum atomic E-state index is 12.0.